The summed E-state index contributed by atoms with van der Waals surface area (Å²) in [5, 5.41) is 0.533. The second-order valence-electron chi connectivity index (χ2n) is 7.38. The van der Waals surface area contributed by atoms with Crippen molar-refractivity contribution in [2.45, 2.75) is 18.3 Å². The monoisotopic (exact) mass is 472 g/mol. The minimum atomic E-state index is -0.544. The van der Waals surface area contributed by atoms with Crippen LogP contribution >= 0.6 is 27.5 Å². The summed E-state index contributed by atoms with van der Waals surface area (Å²) in [5.41, 5.74) is 2.30. The summed E-state index contributed by atoms with van der Waals surface area (Å²) in [6.45, 7) is 0. The lowest BCUT2D eigenvalue weighted by Crippen LogP contribution is -2.36. The Morgan fingerprint density at radius 3 is 2.28 bits per heavy atom. The second-order valence-corrected chi connectivity index (χ2v) is 8.64. The Morgan fingerprint density at radius 1 is 1.03 bits per heavy atom. The fourth-order valence-corrected chi connectivity index (χ4v) is 5.88. The van der Waals surface area contributed by atoms with Crippen molar-refractivity contribution in [2.75, 3.05) is 14.2 Å². The first-order valence-electron chi connectivity index (χ1n) is 9.59. The molecule has 2 atom stereocenters. The Labute approximate surface area is 184 Å². The summed E-state index contributed by atoms with van der Waals surface area (Å²) < 4.78 is 12.4. The van der Waals surface area contributed by atoms with Crippen molar-refractivity contribution >= 4 is 39.4 Å². The summed E-state index contributed by atoms with van der Waals surface area (Å²) in [7, 11) is 3.34. The van der Waals surface area contributed by atoms with Crippen molar-refractivity contribution in [3.05, 3.63) is 75.2 Å². The quantitative estimate of drug-likeness (QED) is 0.475. The average molecular weight is 474 g/mol. The minimum absolute atomic E-state index is 0.339. The van der Waals surface area contributed by atoms with Gasteiger partial charge in [-0.3, -0.25) is 0 Å². The highest BCUT2D eigenvalue weighted by Gasteiger charge is 2.55. The number of hydrogen-bond donors (Lipinski definition) is 0. The Kier molecular flexibility index (Phi) is 5.58. The van der Waals surface area contributed by atoms with Crippen LogP contribution in [0.5, 0.6) is 11.5 Å². The van der Waals surface area contributed by atoms with Gasteiger partial charge in [-0.2, -0.15) is 0 Å². The van der Waals surface area contributed by atoms with Gasteiger partial charge in [0.15, 0.2) is 0 Å². The Balaban J connectivity index is 2.11. The van der Waals surface area contributed by atoms with Crippen molar-refractivity contribution in [1.82, 2.24) is 0 Å². The van der Waals surface area contributed by atoms with E-state index in [1.807, 2.05) is 48.5 Å². The van der Waals surface area contributed by atoms with Gasteiger partial charge in [-0.1, -0.05) is 70.0 Å². The van der Waals surface area contributed by atoms with Gasteiger partial charge in [0.2, 0.25) is 0 Å². The maximum absolute atomic E-state index is 11.9. The van der Waals surface area contributed by atoms with Crippen LogP contribution in [0.15, 0.2) is 64.1 Å². The summed E-state index contributed by atoms with van der Waals surface area (Å²) in [6.07, 6.45) is 4.95. The van der Waals surface area contributed by atoms with Gasteiger partial charge in [0.05, 0.1) is 25.6 Å². The fourth-order valence-electron chi connectivity index (χ4n) is 4.50. The van der Waals surface area contributed by atoms with Crippen LogP contribution in [0.4, 0.5) is 0 Å². The van der Waals surface area contributed by atoms with E-state index in [0.717, 1.165) is 51.8 Å². The number of hydrogen-bond acceptors (Lipinski definition) is 3. The lowest BCUT2D eigenvalue weighted by Gasteiger charge is -2.42. The lowest BCUT2D eigenvalue weighted by molar-refractivity contribution is -0.109. The van der Waals surface area contributed by atoms with E-state index in [-0.39, 0.29) is 0 Å². The van der Waals surface area contributed by atoms with Crippen molar-refractivity contribution in [3.8, 4) is 11.5 Å². The highest BCUT2D eigenvalue weighted by Crippen LogP contribution is 2.65. The molecule has 2 aliphatic rings. The van der Waals surface area contributed by atoms with Crippen molar-refractivity contribution in [3.63, 3.8) is 0 Å². The average Bonchev–Trinajstić information content (AvgIpc) is 3.60. The third-order valence-corrected chi connectivity index (χ3v) is 7.20. The topological polar surface area (TPSA) is 35.5 Å². The zero-order valence-electron chi connectivity index (χ0n) is 16.3. The standard InChI is InChI=1S/C24H22BrClO3/c1-28-19-9-5-3-7-17(19)22-23(26)15(14-27)13-21(25)24(22,16-11-12-16)18-8-4-6-10-20(18)29-2/h3-10,13-16H,11-12H2,1-2H3. The Morgan fingerprint density at radius 2 is 1.66 bits per heavy atom. The van der Waals surface area contributed by atoms with Crippen LogP contribution in [0.3, 0.4) is 0 Å². The Hall–Kier alpha value is -2.04. The zero-order chi connectivity index (χ0) is 20.6. The van der Waals surface area contributed by atoms with Crippen LogP contribution in [0.1, 0.15) is 24.0 Å². The third-order valence-electron chi connectivity index (χ3n) is 5.87. The van der Waals surface area contributed by atoms with Gasteiger partial charge in [0, 0.05) is 20.6 Å². The molecule has 0 spiro atoms. The summed E-state index contributed by atoms with van der Waals surface area (Å²) in [5.74, 6) is 1.36. The lowest BCUT2D eigenvalue weighted by atomic mass is 9.64. The number of rotatable bonds is 6. The number of allylic oxidation sites excluding steroid dienone is 4. The molecule has 0 heterocycles. The van der Waals surface area contributed by atoms with Crippen molar-refractivity contribution in [1.29, 1.82) is 0 Å². The molecule has 2 aliphatic carbocycles. The molecular formula is C24H22BrClO3. The smallest absolute Gasteiger partial charge is 0.132 e. The molecule has 3 nitrogen and oxygen atoms in total. The number of ether oxygens (including phenoxy) is 2. The van der Waals surface area contributed by atoms with Gasteiger partial charge < -0.3 is 14.3 Å². The SMILES string of the molecule is COc1ccccc1C1=C(Cl)C(C=O)C=C(Br)C1(c1ccccc1OC)C1CC1. The fraction of sp³-hybridized carbons (Fsp3) is 0.292. The van der Waals surface area contributed by atoms with Crippen molar-refractivity contribution < 1.29 is 14.3 Å². The van der Waals surface area contributed by atoms with Gasteiger partial charge in [0.25, 0.3) is 0 Å². The molecular weight excluding hydrogens is 452 g/mol. The minimum Gasteiger partial charge on any atom is -0.496 e. The molecule has 2 aromatic rings. The molecule has 0 aromatic heterocycles. The van der Waals surface area contributed by atoms with Gasteiger partial charge in [-0.25, -0.2) is 0 Å². The largest absolute Gasteiger partial charge is 0.496 e. The Bertz CT molecular complexity index is 1010. The molecule has 0 aliphatic heterocycles. The molecule has 1 fully saturated rings. The van der Waals surface area contributed by atoms with E-state index in [9.17, 15) is 4.79 Å². The third kappa shape index (κ3) is 3.13. The van der Waals surface area contributed by atoms with Crippen LogP contribution in [0.2, 0.25) is 0 Å². The first-order valence-corrected chi connectivity index (χ1v) is 10.8. The van der Waals surface area contributed by atoms with E-state index in [1.54, 1.807) is 14.2 Å². The normalized spacial score (nSPS) is 24.1. The molecule has 5 heteroatoms. The molecule has 0 amide bonds. The number of methoxy groups -OCH3 is 2. The molecule has 150 valence electrons. The number of para-hydroxylation sites is 2. The van der Waals surface area contributed by atoms with Gasteiger partial charge >= 0.3 is 0 Å². The molecule has 1 saturated carbocycles. The molecule has 0 saturated heterocycles. The maximum Gasteiger partial charge on any atom is 0.132 e. The zero-order valence-corrected chi connectivity index (χ0v) is 18.7. The summed E-state index contributed by atoms with van der Waals surface area (Å²) in [6, 6.07) is 15.9. The van der Waals surface area contributed by atoms with Gasteiger partial charge in [-0.15, -0.1) is 0 Å². The molecule has 0 radical (unpaired) electrons. The van der Waals surface area contributed by atoms with Gasteiger partial charge in [-0.05, 0) is 36.5 Å². The van der Waals surface area contributed by atoms with E-state index >= 15 is 0 Å². The molecule has 0 bridgehead atoms. The maximum atomic E-state index is 11.9. The second kappa shape index (κ2) is 8.00. The highest BCUT2D eigenvalue weighted by atomic mass is 79.9. The van der Waals surface area contributed by atoms with E-state index < -0.39 is 11.3 Å². The predicted octanol–water partition coefficient (Wildman–Crippen LogP) is 6.11. The van der Waals surface area contributed by atoms with Gasteiger partial charge in [0.1, 0.15) is 17.8 Å². The first-order chi connectivity index (χ1) is 14.1. The van der Waals surface area contributed by atoms with Crippen LogP contribution in [-0.4, -0.2) is 20.5 Å². The molecule has 2 unspecified atom stereocenters. The van der Waals surface area contributed by atoms with E-state index in [0.29, 0.717) is 11.0 Å². The van der Waals surface area contributed by atoms with E-state index in [4.69, 9.17) is 21.1 Å². The highest BCUT2D eigenvalue weighted by molar-refractivity contribution is 9.11. The molecule has 29 heavy (non-hydrogen) atoms. The molecule has 4 rings (SSSR count). The van der Waals surface area contributed by atoms with Crippen LogP contribution in [0, 0.1) is 11.8 Å². The number of carbonyl (C=O) groups excluding carboxylic acids is 1. The summed E-state index contributed by atoms with van der Waals surface area (Å²) >= 11 is 10.8. The number of benzene rings is 2. The number of carbonyl (C=O) groups is 1. The predicted molar refractivity (Wildman–Crippen MR) is 120 cm³/mol. The first kappa shape index (κ1) is 20.2. The van der Waals surface area contributed by atoms with E-state index in [1.165, 1.54) is 0 Å². The van der Waals surface area contributed by atoms with Crippen molar-refractivity contribution in [2.24, 2.45) is 11.8 Å². The number of halogens is 2. The number of aldehydes is 1. The van der Waals surface area contributed by atoms with E-state index in [2.05, 4.69) is 22.0 Å². The van der Waals surface area contributed by atoms with Crippen LogP contribution in [0.25, 0.3) is 5.57 Å². The van der Waals surface area contributed by atoms with Crippen LogP contribution in [-0.2, 0) is 10.2 Å². The molecule has 2 aromatic carbocycles. The van der Waals surface area contributed by atoms with Crippen LogP contribution < -0.4 is 9.47 Å². The summed E-state index contributed by atoms with van der Waals surface area (Å²) in [4.78, 5) is 11.9. The molecule has 0 N–H and O–H groups in total.